The molecule has 0 amide bonds. The molecule has 0 heterocycles. The second-order valence-corrected chi connectivity index (χ2v) is 5.67. The summed E-state index contributed by atoms with van der Waals surface area (Å²) in [5.41, 5.74) is 2.12. The van der Waals surface area contributed by atoms with Gasteiger partial charge in [0, 0.05) is 0 Å². The summed E-state index contributed by atoms with van der Waals surface area (Å²) >= 11 is 0. The third-order valence-corrected chi connectivity index (χ3v) is 2.68. The Morgan fingerprint density at radius 1 is 1.27 bits per heavy atom. The summed E-state index contributed by atoms with van der Waals surface area (Å²) in [6.45, 7) is 10.6. The largest absolute Gasteiger partial charge is 0.207 e. The van der Waals surface area contributed by atoms with E-state index >= 15 is 0 Å². The Bertz CT molecular complexity index is 334. The van der Waals surface area contributed by atoms with Gasteiger partial charge in [-0.15, -0.1) is 0 Å². The smallest absolute Gasteiger partial charge is 0.126 e. The van der Waals surface area contributed by atoms with Crippen molar-refractivity contribution in [2.45, 2.75) is 47.0 Å². The number of benzene rings is 1. The Morgan fingerprint density at radius 3 is 2.33 bits per heavy atom. The zero-order chi connectivity index (χ0) is 11.6. The Balaban J connectivity index is 2.83. The minimum atomic E-state index is -0.0896. The fourth-order valence-electron chi connectivity index (χ4n) is 1.95. The molecule has 1 aromatic carbocycles. The van der Waals surface area contributed by atoms with Gasteiger partial charge in [-0.3, -0.25) is 0 Å². The van der Waals surface area contributed by atoms with Gasteiger partial charge >= 0.3 is 0 Å². The summed E-state index contributed by atoms with van der Waals surface area (Å²) in [6.07, 6.45) is 1.08. The van der Waals surface area contributed by atoms with Crippen molar-refractivity contribution in [1.29, 1.82) is 0 Å². The minimum Gasteiger partial charge on any atom is -0.207 e. The highest BCUT2D eigenvalue weighted by molar-refractivity contribution is 5.25. The Hall–Kier alpha value is -0.850. The summed E-state index contributed by atoms with van der Waals surface area (Å²) in [5.74, 6) is 0.327. The first kappa shape index (κ1) is 12.2. The fourth-order valence-corrected chi connectivity index (χ4v) is 1.95. The third kappa shape index (κ3) is 3.65. The standard InChI is InChI=1S/C14H21F/c1-10-6-7-12(8-13(10)15)11(2)9-14(3,4)5/h6-8,11H,9H2,1-5H3/t11-/m1/s1. The number of halogens is 1. The van der Waals surface area contributed by atoms with Crippen LogP contribution in [-0.2, 0) is 0 Å². The molecule has 0 aliphatic heterocycles. The topological polar surface area (TPSA) is 0 Å². The molecule has 0 fully saturated rings. The maximum absolute atomic E-state index is 13.4. The van der Waals surface area contributed by atoms with Crippen LogP contribution < -0.4 is 0 Å². The van der Waals surface area contributed by atoms with Crippen molar-refractivity contribution in [2.24, 2.45) is 5.41 Å². The van der Waals surface area contributed by atoms with Crippen LogP contribution in [-0.4, -0.2) is 0 Å². The Labute approximate surface area is 92.5 Å². The highest BCUT2D eigenvalue weighted by atomic mass is 19.1. The molecule has 1 atom stereocenters. The number of rotatable bonds is 2. The zero-order valence-electron chi connectivity index (χ0n) is 10.4. The first-order chi connectivity index (χ1) is 6.79. The lowest BCUT2D eigenvalue weighted by Crippen LogP contribution is -2.10. The zero-order valence-corrected chi connectivity index (χ0v) is 10.4. The molecule has 1 rings (SSSR count). The summed E-state index contributed by atoms with van der Waals surface area (Å²) in [6, 6.07) is 5.57. The normalized spacial score (nSPS) is 14.0. The maximum Gasteiger partial charge on any atom is 0.126 e. The van der Waals surface area contributed by atoms with Gasteiger partial charge in [0.25, 0.3) is 0 Å². The van der Waals surface area contributed by atoms with Crippen molar-refractivity contribution in [3.05, 3.63) is 35.1 Å². The molecule has 0 bridgehead atoms. The molecule has 0 N–H and O–H groups in total. The lowest BCUT2D eigenvalue weighted by molar-refractivity contribution is 0.348. The highest BCUT2D eigenvalue weighted by Crippen LogP contribution is 2.31. The lowest BCUT2D eigenvalue weighted by atomic mass is 9.82. The molecule has 84 valence electrons. The van der Waals surface area contributed by atoms with Gasteiger partial charge in [0.1, 0.15) is 5.82 Å². The van der Waals surface area contributed by atoms with Gasteiger partial charge in [-0.25, -0.2) is 4.39 Å². The minimum absolute atomic E-state index is 0.0896. The van der Waals surface area contributed by atoms with Crippen LogP contribution in [0.25, 0.3) is 0 Å². The van der Waals surface area contributed by atoms with Gasteiger partial charge in [0.15, 0.2) is 0 Å². The highest BCUT2D eigenvalue weighted by Gasteiger charge is 2.17. The van der Waals surface area contributed by atoms with Gasteiger partial charge in [-0.2, -0.15) is 0 Å². The lowest BCUT2D eigenvalue weighted by Gasteiger charge is -2.23. The third-order valence-electron chi connectivity index (χ3n) is 2.68. The summed E-state index contributed by atoms with van der Waals surface area (Å²) in [4.78, 5) is 0. The molecule has 0 aliphatic rings. The van der Waals surface area contributed by atoms with Crippen LogP contribution in [0.5, 0.6) is 0 Å². The first-order valence-electron chi connectivity index (χ1n) is 5.55. The van der Waals surface area contributed by atoms with E-state index in [-0.39, 0.29) is 5.82 Å². The fraction of sp³-hybridized carbons (Fsp3) is 0.571. The molecule has 0 radical (unpaired) electrons. The van der Waals surface area contributed by atoms with E-state index in [1.165, 1.54) is 0 Å². The van der Waals surface area contributed by atoms with Crippen molar-refractivity contribution < 1.29 is 4.39 Å². The van der Waals surface area contributed by atoms with Crippen LogP contribution >= 0.6 is 0 Å². The first-order valence-corrected chi connectivity index (χ1v) is 5.55. The molecule has 0 saturated carbocycles. The molecule has 15 heavy (non-hydrogen) atoms. The predicted octanol–water partition coefficient (Wildman–Crippen LogP) is 4.67. The van der Waals surface area contributed by atoms with Gasteiger partial charge in [0.05, 0.1) is 0 Å². The maximum atomic E-state index is 13.4. The molecule has 0 saturated heterocycles. The van der Waals surface area contributed by atoms with Gasteiger partial charge in [0.2, 0.25) is 0 Å². The van der Waals surface area contributed by atoms with Crippen LogP contribution in [0.2, 0.25) is 0 Å². The van der Waals surface area contributed by atoms with Crippen LogP contribution in [0.3, 0.4) is 0 Å². The van der Waals surface area contributed by atoms with Gasteiger partial charge in [-0.1, -0.05) is 39.8 Å². The second-order valence-electron chi connectivity index (χ2n) is 5.67. The quantitative estimate of drug-likeness (QED) is 0.662. The summed E-state index contributed by atoms with van der Waals surface area (Å²) in [5, 5.41) is 0. The van der Waals surface area contributed by atoms with Gasteiger partial charge < -0.3 is 0 Å². The average molecular weight is 208 g/mol. The number of hydrogen-bond acceptors (Lipinski definition) is 0. The summed E-state index contributed by atoms with van der Waals surface area (Å²) in [7, 11) is 0. The van der Waals surface area contributed by atoms with Crippen molar-refractivity contribution in [2.75, 3.05) is 0 Å². The van der Waals surface area contributed by atoms with E-state index in [4.69, 9.17) is 0 Å². The average Bonchev–Trinajstić information content (AvgIpc) is 2.06. The van der Waals surface area contributed by atoms with E-state index in [2.05, 4.69) is 27.7 Å². The van der Waals surface area contributed by atoms with Crippen molar-refractivity contribution in [1.82, 2.24) is 0 Å². The molecular weight excluding hydrogens is 187 g/mol. The molecule has 0 spiro atoms. The molecular formula is C14H21F. The predicted molar refractivity (Wildman–Crippen MR) is 63.6 cm³/mol. The van der Waals surface area contributed by atoms with Crippen LogP contribution in [0, 0.1) is 18.2 Å². The molecule has 1 aromatic rings. The summed E-state index contributed by atoms with van der Waals surface area (Å²) < 4.78 is 13.4. The van der Waals surface area contributed by atoms with E-state index in [1.54, 1.807) is 13.0 Å². The van der Waals surface area contributed by atoms with E-state index < -0.39 is 0 Å². The van der Waals surface area contributed by atoms with E-state index in [9.17, 15) is 4.39 Å². The van der Waals surface area contributed by atoms with E-state index in [0.29, 0.717) is 11.3 Å². The number of hydrogen-bond donors (Lipinski definition) is 0. The Kier molecular flexibility index (Phi) is 3.54. The molecule has 0 unspecified atom stereocenters. The van der Waals surface area contributed by atoms with Crippen LogP contribution in [0.1, 0.15) is 51.2 Å². The Morgan fingerprint density at radius 2 is 1.87 bits per heavy atom. The van der Waals surface area contributed by atoms with Crippen LogP contribution in [0.4, 0.5) is 4.39 Å². The molecule has 0 aromatic heterocycles. The van der Waals surface area contributed by atoms with Gasteiger partial charge in [-0.05, 0) is 41.9 Å². The number of aryl methyl sites for hydroxylation is 1. The van der Waals surface area contributed by atoms with E-state index in [0.717, 1.165) is 17.5 Å². The second kappa shape index (κ2) is 4.34. The molecule has 1 heteroatoms. The SMILES string of the molecule is Cc1ccc([C@H](C)CC(C)(C)C)cc1F. The van der Waals surface area contributed by atoms with E-state index in [1.807, 2.05) is 12.1 Å². The molecule has 0 aliphatic carbocycles. The monoisotopic (exact) mass is 208 g/mol. The van der Waals surface area contributed by atoms with Crippen molar-refractivity contribution in [3.8, 4) is 0 Å². The van der Waals surface area contributed by atoms with Crippen molar-refractivity contribution in [3.63, 3.8) is 0 Å². The molecule has 0 nitrogen and oxygen atoms in total. The van der Waals surface area contributed by atoms with Crippen molar-refractivity contribution >= 4 is 0 Å². The van der Waals surface area contributed by atoms with Crippen LogP contribution in [0.15, 0.2) is 18.2 Å².